The third-order valence-corrected chi connectivity index (χ3v) is 3.23. The third-order valence-electron chi connectivity index (χ3n) is 2.21. The Balaban J connectivity index is 2.59. The van der Waals surface area contributed by atoms with E-state index in [9.17, 15) is 4.79 Å². The molecule has 0 amide bonds. The first-order valence-corrected chi connectivity index (χ1v) is 5.26. The van der Waals surface area contributed by atoms with Crippen molar-refractivity contribution in [2.45, 2.75) is 13.0 Å². The van der Waals surface area contributed by atoms with E-state index in [4.69, 9.17) is 5.73 Å². The monoisotopic (exact) mass is 205 g/mol. The van der Waals surface area contributed by atoms with Crippen LogP contribution in [0.3, 0.4) is 0 Å². The van der Waals surface area contributed by atoms with Gasteiger partial charge in [0.15, 0.2) is 6.29 Å². The zero-order valence-electron chi connectivity index (χ0n) is 7.86. The molecule has 1 heterocycles. The molecule has 0 aliphatic heterocycles. The summed E-state index contributed by atoms with van der Waals surface area (Å²) in [5, 5.41) is 1.11. The summed E-state index contributed by atoms with van der Waals surface area (Å²) < 4.78 is 1.13. The first-order valence-electron chi connectivity index (χ1n) is 4.45. The Labute approximate surface area is 86.3 Å². The fourth-order valence-electron chi connectivity index (χ4n) is 1.41. The molecule has 0 saturated heterocycles. The van der Waals surface area contributed by atoms with Gasteiger partial charge in [0.25, 0.3) is 0 Å². The number of hydrogen-bond acceptors (Lipinski definition) is 3. The summed E-state index contributed by atoms with van der Waals surface area (Å²) >= 11 is 1.51. The molecule has 0 saturated carbocycles. The number of rotatable bonds is 2. The molecule has 1 aromatic heterocycles. The van der Waals surface area contributed by atoms with Crippen LogP contribution in [-0.2, 0) is 0 Å². The van der Waals surface area contributed by atoms with Crippen molar-refractivity contribution in [1.82, 2.24) is 0 Å². The van der Waals surface area contributed by atoms with Crippen LogP contribution in [-0.4, -0.2) is 6.29 Å². The lowest BCUT2D eigenvalue weighted by Crippen LogP contribution is -2.03. The maximum absolute atomic E-state index is 10.6. The van der Waals surface area contributed by atoms with Crippen molar-refractivity contribution in [3.05, 3.63) is 34.7 Å². The molecule has 0 aliphatic carbocycles. The summed E-state index contributed by atoms with van der Waals surface area (Å²) in [5.41, 5.74) is 6.89. The SMILES string of the molecule is CC(N)c1ccc2cc(C=O)sc2c1. The van der Waals surface area contributed by atoms with E-state index < -0.39 is 0 Å². The third kappa shape index (κ3) is 1.56. The zero-order valence-corrected chi connectivity index (χ0v) is 8.67. The molecule has 1 aromatic carbocycles. The molecule has 1 unspecified atom stereocenters. The molecule has 14 heavy (non-hydrogen) atoms. The van der Waals surface area contributed by atoms with Crippen molar-refractivity contribution in [1.29, 1.82) is 0 Å². The molecular formula is C11H11NOS. The van der Waals surface area contributed by atoms with Crippen molar-refractivity contribution in [2.75, 3.05) is 0 Å². The summed E-state index contributed by atoms with van der Waals surface area (Å²) in [6.07, 6.45) is 0.885. The van der Waals surface area contributed by atoms with Crippen LogP contribution in [0.2, 0.25) is 0 Å². The Kier molecular flexibility index (Phi) is 2.35. The van der Waals surface area contributed by atoms with Crippen LogP contribution in [0.15, 0.2) is 24.3 Å². The molecule has 2 nitrogen and oxygen atoms in total. The number of carbonyl (C=O) groups excluding carboxylic acids is 1. The number of hydrogen-bond donors (Lipinski definition) is 1. The Morgan fingerprint density at radius 3 is 2.86 bits per heavy atom. The fraction of sp³-hybridized carbons (Fsp3) is 0.182. The van der Waals surface area contributed by atoms with Gasteiger partial charge in [-0.3, -0.25) is 4.79 Å². The second kappa shape index (κ2) is 3.52. The quantitative estimate of drug-likeness (QED) is 0.766. The molecule has 1 atom stereocenters. The van der Waals surface area contributed by atoms with Crippen LogP contribution >= 0.6 is 11.3 Å². The number of thiophene rings is 1. The van der Waals surface area contributed by atoms with Gasteiger partial charge < -0.3 is 5.73 Å². The maximum atomic E-state index is 10.6. The number of nitrogens with two attached hydrogens (primary N) is 1. The lowest BCUT2D eigenvalue weighted by Gasteiger charge is -2.04. The average Bonchev–Trinajstić information content (AvgIpc) is 2.58. The topological polar surface area (TPSA) is 43.1 Å². The molecule has 0 fully saturated rings. The summed E-state index contributed by atoms with van der Waals surface area (Å²) in [7, 11) is 0. The molecule has 0 spiro atoms. The molecular weight excluding hydrogens is 194 g/mol. The smallest absolute Gasteiger partial charge is 0.160 e. The molecule has 72 valence electrons. The van der Waals surface area contributed by atoms with Crippen molar-refractivity contribution >= 4 is 27.7 Å². The van der Waals surface area contributed by atoms with E-state index in [0.717, 1.165) is 26.8 Å². The largest absolute Gasteiger partial charge is 0.324 e. The van der Waals surface area contributed by atoms with Gasteiger partial charge in [-0.25, -0.2) is 0 Å². The molecule has 2 aromatic rings. The van der Waals surface area contributed by atoms with Crippen LogP contribution in [0.1, 0.15) is 28.2 Å². The van der Waals surface area contributed by atoms with Crippen LogP contribution < -0.4 is 5.73 Å². The molecule has 2 N–H and O–H groups in total. The van der Waals surface area contributed by atoms with E-state index in [1.165, 1.54) is 11.3 Å². The Hall–Kier alpha value is -1.19. The zero-order chi connectivity index (χ0) is 10.1. The standard InChI is InChI=1S/C11H11NOS/c1-7(12)8-2-3-9-4-10(6-13)14-11(9)5-8/h2-7H,12H2,1H3. The first kappa shape index (κ1) is 9.37. The van der Waals surface area contributed by atoms with Gasteiger partial charge >= 0.3 is 0 Å². The van der Waals surface area contributed by atoms with Crippen molar-refractivity contribution in [3.63, 3.8) is 0 Å². The fourth-order valence-corrected chi connectivity index (χ4v) is 2.34. The Morgan fingerprint density at radius 1 is 1.43 bits per heavy atom. The first-order chi connectivity index (χ1) is 6.70. The minimum atomic E-state index is 0.0428. The van der Waals surface area contributed by atoms with Crippen LogP contribution in [0.5, 0.6) is 0 Å². The Morgan fingerprint density at radius 2 is 2.21 bits per heavy atom. The number of carbonyl (C=O) groups is 1. The minimum Gasteiger partial charge on any atom is -0.324 e. The highest BCUT2D eigenvalue weighted by molar-refractivity contribution is 7.20. The van der Waals surface area contributed by atoms with E-state index in [1.807, 2.05) is 25.1 Å². The van der Waals surface area contributed by atoms with Crippen LogP contribution in [0, 0.1) is 0 Å². The van der Waals surface area contributed by atoms with Gasteiger partial charge in [-0.15, -0.1) is 11.3 Å². The van der Waals surface area contributed by atoms with Gasteiger partial charge in [0.1, 0.15) is 0 Å². The lowest BCUT2D eigenvalue weighted by atomic mass is 10.1. The molecule has 0 aliphatic rings. The number of aldehydes is 1. The van der Waals surface area contributed by atoms with Gasteiger partial charge in [0.2, 0.25) is 0 Å². The van der Waals surface area contributed by atoms with Gasteiger partial charge in [0.05, 0.1) is 4.88 Å². The van der Waals surface area contributed by atoms with E-state index >= 15 is 0 Å². The second-order valence-corrected chi connectivity index (χ2v) is 4.47. The summed E-state index contributed by atoms with van der Waals surface area (Å²) in [6, 6.07) is 8.02. The van der Waals surface area contributed by atoms with E-state index in [0.29, 0.717) is 0 Å². The van der Waals surface area contributed by atoms with E-state index in [-0.39, 0.29) is 6.04 Å². The van der Waals surface area contributed by atoms with Gasteiger partial charge in [-0.05, 0) is 30.0 Å². The maximum Gasteiger partial charge on any atom is 0.160 e. The molecule has 0 radical (unpaired) electrons. The summed E-state index contributed by atoms with van der Waals surface area (Å²) in [5.74, 6) is 0. The van der Waals surface area contributed by atoms with E-state index in [2.05, 4.69) is 6.07 Å². The number of fused-ring (bicyclic) bond motifs is 1. The van der Waals surface area contributed by atoms with Gasteiger partial charge in [-0.2, -0.15) is 0 Å². The van der Waals surface area contributed by atoms with Crippen molar-refractivity contribution in [3.8, 4) is 0 Å². The lowest BCUT2D eigenvalue weighted by molar-refractivity contribution is 0.112. The van der Waals surface area contributed by atoms with E-state index in [1.54, 1.807) is 0 Å². The minimum absolute atomic E-state index is 0.0428. The highest BCUT2D eigenvalue weighted by atomic mass is 32.1. The Bertz CT molecular complexity index is 473. The normalized spacial score (nSPS) is 13.0. The number of benzene rings is 1. The summed E-state index contributed by atoms with van der Waals surface area (Å²) in [6.45, 7) is 1.95. The molecule has 3 heteroatoms. The van der Waals surface area contributed by atoms with Crippen LogP contribution in [0.25, 0.3) is 10.1 Å². The molecule has 2 rings (SSSR count). The summed E-state index contributed by atoms with van der Waals surface area (Å²) in [4.78, 5) is 11.3. The van der Waals surface area contributed by atoms with Crippen molar-refractivity contribution in [2.24, 2.45) is 5.73 Å². The average molecular weight is 205 g/mol. The predicted molar refractivity (Wildman–Crippen MR) is 59.8 cm³/mol. The molecule has 0 bridgehead atoms. The predicted octanol–water partition coefficient (Wildman–Crippen LogP) is 2.73. The van der Waals surface area contributed by atoms with Crippen molar-refractivity contribution < 1.29 is 4.79 Å². The highest BCUT2D eigenvalue weighted by Crippen LogP contribution is 2.26. The van der Waals surface area contributed by atoms with Gasteiger partial charge in [0, 0.05) is 10.7 Å². The highest BCUT2D eigenvalue weighted by Gasteiger charge is 2.04. The van der Waals surface area contributed by atoms with Gasteiger partial charge in [-0.1, -0.05) is 12.1 Å². The van der Waals surface area contributed by atoms with Crippen LogP contribution in [0.4, 0.5) is 0 Å². The second-order valence-electron chi connectivity index (χ2n) is 3.35.